The molecule has 0 spiro atoms. The molecule has 5 nitrogen and oxygen atoms in total. The number of rotatable bonds is 10. The molecule has 0 saturated carbocycles. The van der Waals surface area contributed by atoms with E-state index in [2.05, 4.69) is 5.32 Å². The maximum Gasteiger partial charge on any atom is 0.261 e. The number of para-hydroxylation sites is 1. The molecule has 0 heterocycles. The Hall–Kier alpha value is -3.67. The number of hydrogen-bond donors (Lipinski definition) is 1. The molecule has 0 saturated heterocycles. The van der Waals surface area contributed by atoms with Crippen molar-refractivity contribution in [2.75, 3.05) is 6.61 Å². The van der Waals surface area contributed by atoms with E-state index in [9.17, 15) is 14.0 Å². The largest absolute Gasteiger partial charge is 0.484 e. The van der Waals surface area contributed by atoms with Gasteiger partial charge in [0.2, 0.25) is 5.91 Å². The van der Waals surface area contributed by atoms with Gasteiger partial charge in [-0.3, -0.25) is 9.59 Å². The molecule has 0 aromatic heterocycles. The van der Waals surface area contributed by atoms with Crippen LogP contribution >= 0.6 is 0 Å². The Balaban J connectivity index is 1.89. The van der Waals surface area contributed by atoms with Gasteiger partial charge in [0.1, 0.15) is 17.6 Å². The molecule has 3 aromatic carbocycles. The van der Waals surface area contributed by atoms with Gasteiger partial charge in [-0.05, 0) is 49.2 Å². The van der Waals surface area contributed by atoms with Crippen molar-refractivity contribution in [3.8, 4) is 5.75 Å². The molecule has 1 N–H and O–H groups in total. The maximum absolute atomic E-state index is 13.4. The molecule has 2 amide bonds. The number of ether oxygens (including phenoxy) is 1. The minimum absolute atomic E-state index is 0.0842. The summed E-state index contributed by atoms with van der Waals surface area (Å²) in [6.45, 7) is 3.69. The van der Waals surface area contributed by atoms with Gasteiger partial charge in [0.05, 0.1) is 0 Å². The number of benzene rings is 3. The molecule has 3 aromatic rings. The van der Waals surface area contributed by atoms with Crippen LogP contribution in [0.2, 0.25) is 0 Å². The lowest BCUT2D eigenvalue weighted by Gasteiger charge is -2.32. The number of amides is 2. The van der Waals surface area contributed by atoms with Gasteiger partial charge in [0.15, 0.2) is 6.61 Å². The van der Waals surface area contributed by atoms with E-state index in [4.69, 9.17) is 4.74 Å². The number of nitrogens with zero attached hydrogens (tertiary/aromatic N) is 1. The smallest absolute Gasteiger partial charge is 0.261 e. The molecule has 172 valence electrons. The van der Waals surface area contributed by atoms with Gasteiger partial charge in [-0.25, -0.2) is 4.39 Å². The summed E-state index contributed by atoms with van der Waals surface area (Å²) in [5.74, 6) is -0.367. The van der Waals surface area contributed by atoms with Crippen LogP contribution in [0.15, 0.2) is 84.9 Å². The number of carbonyl (C=O) groups is 2. The fraction of sp³-hybridized carbons (Fsp3) is 0.259. The lowest BCUT2D eigenvalue weighted by atomic mass is 10.0. The summed E-state index contributed by atoms with van der Waals surface area (Å²) in [6, 6.07) is 23.7. The van der Waals surface area contributed by atoms with Gasteiger partial charge in [-0.15, -0.1) is 0 Å². The van der Waals surface area contributed by atoms with Crippen LogP contribution in [0.4, 0.5) is 4.39 Å². The standard InChI is InChI=1S/C27H29FN2O3/c1-20(2)29-27(32)25(17-21-9-5-3-6-10-21)30(18-22-13-15-23(28)16-14-22)26(31)19-33-24-11-7-4-8-12-24/h3-16,20,25H,17-19H2,1-2H3,(H,29,32). The number of carbonyl (C=O) groups excluding carboxylic acids is 2. The van der Waals surface area contributed by atoms with Gasteiger partial charge >= 0.3 is 0 Å². The maximum atomic E-state index is 13.4. The Morgan fingerprint density at radius 2 is 1.48 bits per heavy atom. The van der Waals surface area contributed by atoms with Crippen molar-refractivity contribution in [2.24, 2.45) is 0 Å². The van der Waals surface area contributed by atoms with Gasteiger partial charge in [0.25, 0.3) is 5.91 Å². The van der Waals surface area contributed by atoms with Crippen molar-refractivity contribution in [3.63, 3.8) is 0 Å². The topological polar surface area (TPSA) is 58.6 Å². The first-order valence-corrected chi connectivity index (χ1v) is 11.0. The third kappa shape index (κ3) is 7.45. The van der Waals surface area contributed by atoms with Crippen molar-refractivity contribution in [2.45, 2.75) is 38.9 Å². The summed E-state index contributed by atoms with van der Waals surface area (Å²) in [6.07, 6.45) is 0.345. The first-order chi connectivity index (χ1) is 15.9. The monoisotopic (exact) mass is 448 g/mol. The molecule has 6 heteroatoms. The third-order valence-electron chi connectivity index (χ3n) is 5.07. The highest BCUT2D eigenvalue weighted by Gasteiger charge is 2.31. The normalized spacial score (nSPS) is 11.6. The quantitative estimate of drug-likeness (QED) is 0.501. The Morgan fingerprint density at radius 3 is 2.09 bits per heavy atom. The van der Waals surface area contributed by atoms with E-state index in [1.165, 1.54) is 17.0 Å². The van der Waals surface area contributed by atoms with Crippen LogP contribution in [-0.2, 0) is 22.6 Å². The van der Waals surface area contributed by atoms with Crippen LogP contribution in [0.25, 0.3) is 0 Å². The zero-order chi connectivity index (χ0) is 23.6. The lowest BCUT2D eigenvalue weighted by Crippen LogP contribution is -2.52. The third-order valence-corrected chi connectivity index (χ3v) is 5.07. The molecule has 0 aliphatic rings. The van der Waals surface area contributed by atoms with Gasteiger partial charge in [0, 0.05) is 19.0 Å². The molecular formula is C27H29FN2O3. The Kier molecular flexibility index (Phi) is 8.58. The summed E-state index contributed by atoms with van der Waals surface area (Å²) in [4.78, 5) is 28.1. The fourth-order valence-electron chi connectivity index (χ4n) is 3.47. The first-order valence-electron chi connectivity index (χ1n) is 11.0. The van der Waals surface area contributed by atoms with Crippen LogP contribution in [0, 0.1) is 5.82 Å². The fourth-order valence-corrected chi connectivity index (χ4v) is 3.47. The summed E-state index contributed by atoms with van der Waals surface area (Å²) < 4.78 is 19.1. The van der Waals surface area contributed by atoms with Gasteiger partial charge < -0.3 is 15.0 Å². The van der Waals surface area contributed by atoms with E-state index in [0.717, 1.165) is 11.1 Å². The Bertz CT molecular complexity index is 1020. The Morgan fingerprint density at radius 1 is 0.879 bits per heavy atom. The molecule has 33 heavy (non-hydrogen) atoms. The van der Waals surface area contributed by atoms with Crippen LogP contribution in [0.5, 0.6) is 5.75 Å². The van der Waals surface area contributed by atoms with E-state index in [1.807, 2.05) is 62.4 Å². The van der Waals surface area contributed by atoms with E-state index in [0.29, 0.717) is 12.2 Å². The summed E-state index contributed by atoms with van der Waals surface area (Å²) in [5.41, 5.74) is 1.65. The summed E-state index contributed by atoms with van der Waals surface area (Å²) in [7, 11) is 0. The molecule has 3 rings (SSSR count). The highest BCUT2D eigenvalue weighted by atomic mass is 19.1. The second-order valence-electron chi connectivity index (χ2n) is 8.12. The van der Waals surface area contributed by atoms with E-state index < -0.39 is 6.04 Å². The molecule has 0 aliphatic heterocycles. The van der Waals surface area contributed by atoms with Crippen LogP contribution in [0.3, 0.4) is 0 Å². The summed E-state index contributed by atoms with van der Waals surface area (Å²) in [5, 5.41) is 2.93. The molecule has 0 aliphatic carbocycles. The van der Waals surface area contributed by atoms with Crippen LogP contribution < -0.4 is 10.1 Å². The molecule has 1 atom stereocenters. The zero-order valence-electron chi connectivity index (χ0n) is 18.9. The molecule has 0 fully saturated rings. The van der Waals surface area contributed by atoms with Crippen molar-refractivity contribution in [1.82, 2.24) is 10.2 Å². The highest BCUT2D eigenvalue weighted by Crippen LogP contribution is 2.17. The minimum atomic E-state index is -0.758. The van der Waals surface area contributed by atoms with E-state index in [-0.39, 0.29) is 36.8 Å². The molecular weight excluding hydrogens is 419 g/mol. The second kappa shape index (κ2) is 11.8. The Labute approximate surface area is 194 Å². The van der Waals surface area contributed by atoms with Crippen molar-refractivity contribution >= 4 is 11.8 Å². The lowest BCUT2D eigenvalue weighted by molar-refractivity contribution is -0.143. The van der Waals surface area contributed by atoms with Crippen LogP contribution in [0.1, 0.15) is 25.0 Å². The average molecular weight is 449 g/mol. The summed E-state index contributed by atoms with van der Waals surface area (Å²) >= 11 is 0. The van der Waals surface area contributed by atoms with Gasteiger partial charge in [-0.2, -0.15) is 0 Å². The molecule has 0 radical (unpaired) electrons. The number of hydrogen-bond acceptors (Lipinski definition) is 3. The number of halogens is 1. The molecule has 0 bridgehead atoms. The SMILES string of the molecule is CC(C)NC(=O)C(Cc1ccccc1)N(Cc1ccc(F)cc1)C(=O)COc1ccccc1. The predicted octanol–water partition coefficient (Wildman–Crippen LogP) is 4.37. The van der Waals surface area contributed by atoms with Gasteiger partial charge in [-0.1, -0.05) is 60.7 Å². The molecule has 1 unspecified atom stereocenters. The number of nitrogens with one attached hydrogen (secondary N) is 1. The first kappa shape index (κ1) is 24.0. The van der Waals surface area contributed by atoms with Crippen molar-refractivity contribution in [1.29, 1.82) is 0 Å². The van der Waals surface area contributed by atoms with E-state index in [1.54, 1.807) is 24.3 Å². The second-order valence-corrected chi connectivity index (χ2v) is 8.12. The minimum Gasteiger partial charge on any atom is -0.484 e. The van der Waals surface area contributed by atoms with E-state index >= 15 is 0 Å². The zero-order valence-corrected chi connectivity index (χ0v) is 18.9. The van der Waals surface area contributed by atoms with Crippen LogP contribution in [-0.4, -0.2) is 35.4 Å². The van der Waals surface area contributed by atoms with Crippen molar-refractivity contribution < 1.29 is 18.7 Å². The average Bonchev–Trinajstić information content (AvgIpc) is 2.82. The predicted molar refractivity (Wildman–Crippen MR) is 126 cm³/mol. The highest BCUT2D eigenvalue weighted by molar-refractivity contribution is 5.88. The van der Waals surface area contributed by atoms with Crippen molar-refractivity contribution in [3.05, 3.63) is 102 Å².